The summed E-state index contributed by atoms with van der Waals surface area (Å²) in [6.07, 6.45) is 0.475. The molecular formula is C18H26N2O3Si. The van der Waals surface area contributed by atoms with Gasteiger partial charge in [-0.25, -0.2) is 0 Å². The lowest BCUT2D eigenvalue weighted by atomic mass is 10.1. The lowest BCUT2D eigenvalue weighted by Crippen LogP contribution is -2.51. The van der Waals surface area contributed by atoms with Crippen LogP contribution in [-0.4, -0.2) is 43.7 Å². The minimum Gasteiger partial charge on any atom is -0.411 e. The van der Waals surface area contributed by atoms with Gasteiger partial charge >= 0.3 is 0 Å². The Morgan fingerprint density at radius 2 is 1.88 bits per heavy atom. The van der Waals surface area contributed by atoms with Crippen LogP contribution in [-0.2, 0) is 9.22 Å². The molecule has 1 N–H and O–H groups in total. The van der Waals surface area contributed by atoms with Gasteiger partial charge in [-0.1, -0.05) is 32.9 Å². The van der Waals surface area contributed by atoms with Gasteiger partial charge in [0.05, 0.1) is 17.4 Å². The average Bonchev–Trinajstić information content (AvgIpc) is 2.84. The topological polar surface area (TPSA) is 58.6 Å². The molecule has 24 heavy (non-hydrogen) atoms. The Hall–Kier alpha value is -1.66. The smallest absolute Gasteiger partial charge is 0.256 e. The molecule has 5 nitrogen and oxygen atoms in total. The molecule has 3 rings (SSSR count). The number of benzene rings is 1. The van der Waals surface area contributed by atoms with Gasteiger partial charge in [-0.2, -0.15) is 0 Å². The van der Waals surface area contributed by atoms with Crippen molar-refractivity contribution in [2.45, 2.75) is 57.5 Å². The number of carbonyl (C=O) groups excluding carboxylic acids is 2. The second-order valence-corrected chi connectivity index (χ2v) is 12.9. The minimum absolute atomic E-state index is 0.0641. The monoisotopic (exact) mass is 346 g/mol. The predicted octanol–water partition coefficient (Wildman–Crippen LogP) is 3.24. The molecule has 0 saturated carbocycles. The van der Waals surface area contributed by atoms with E-state index in [1.54, 1.807) is 17.0 Å². The fourth-order valence-electron chi connectivity index (χ4n) is 3.12. The van der Waals surface area contributed by atoms with Crippen LogP contribution in [0, 0.1) is 0 Å². The Kier molecular flexibility index (Phi) is 4.08. The Morgan fingerprint density at radius 3 is 2.54 bits per heavy atom. The number of carbonyl (C=O) groups is 2. The van der Waals surface area contributed by atoms with Crippen LogP contribution in [0.25, 0.3) is 0 Å². The van der Waals surface area contributed by atoms with Crippen molar-refractivity contribution >= 4 is 25.8 Å². The van der Waals surface area contributed by atoms with Crippen molar-refractivity contribution in [2.75, 3.05) is 11.9 Å². The second kappa shape index (κ2) is 5.70. The molecule has 2 amide bonds. The molecular weight excluding hydrogens is 320 g/mol. The van der Waals surface area contributed by atoms with Gasteiger partial charge in [0, 0.05) is 6.54 Å². The first kappa shape index (κ1) is 17.2. The highest BCUT2D eigenvalue weighted by molar-refractivity contribution is 6.74. The number of rotatable bonds is 2. The number of anilines is 1. The van der Waals surface area contributed by atoms with Crippen LogP contribution in [0.2, 0.25) is 18.1 Å². The molecule has 130 valence electrons. The molecule has 1 saturated heterocycles. The number of fused-ring (bicyclic) bond motifs is 2. The van der Waals surface area contributed by atoms with E-state index in [0.717, 1.165) is 0 Å². The fraction of sp³-hybridized carbons (Fsp3) is 0.556. The van der Waals surface area contributed by atoms with Gasteiger partial charge < -0.3 is 14.6 Å². The zero-order valence-electron chi connectivity index (χ0n) is 15.1. The fourth-order valence-corrected chi connectivity index (χ4v) is 4.48. The van der Waals surface area contributed by atoms with Crippen LogP contribution in [0.15, 0.2) is 24.3 Å². The summed E-state index contributed by atoms with van der Waals surface area (Å²) < 4.78 is 6.49. The zero-order valence-corrected chi connectivity index (χ0v) is 16.1. The first-order valence-electron chi connectivity index (χ1n) is 8.50. The second-order valence-electron chi connectivity index (χ2n) is 8.18. The number of para-hydroxylation sites is 1. The summed E-state index contributed by atoms with van der Waals surface area (Å²) in [4.78, 5) is 27.3. The molecule has 0 bridgehead atoms. The Bertz CT molecular complexity index is 681. The normalized spacial score (nSPS) is 24.3. The summed E-state index contributed by atoms with van der Waals surface area (Å²) in [5.74, 6) is -0.232. The van der Waals surface area contributed by atoms with E-state index in [1.165, 1.54) is 0 Å². The van der Waals surface area contributed by atoms with Crippen molar-refractivity contribution in [3.05, 3.63) is 29.8 Å². The van der Waals surface area contributed by atoms with E-state index in [-0.39, 0.29) is 23.0 Å². The van der Waals surface area contributed by atoms with E-state index in [2.05, 4.69) is 39.2 Å². The van der Waals surface area contributed by atoms with Crippen molar-refractivity contribution in [2.24, 2.45) is 0 Å². The van der Waals surface area contributed by atoms with Gasteiger partial charge in [0.25, 0.3) is 5.91 Å². The summed E-state index contributed by atoms with van der Waals surface area (Å²) in [6.45, 7) is 11.5. The maximum Gasteiger partial charge on any atom is 0.256 e. The van der Waals surface area contributed by atoms with E-state index >= 15 is 0 Å². The number of nitrogens with zero attached hydrogens (tertiary/aromatic N) is 1. The van der Waals surface area contributed by atoms with Crippen LogP contribution in [0.3, 0.4) is 0 Å². The molecule has 0 aromatic heterocycles. The lowest BCUT2D eigenvalue weighted by molar-refractivity contribution is -0.121. The van der Waals surface area contributed by atoms with Crippen LogP contribution in [0.1, 0.15) is 37.6 Å². The van der Waals surface area contributed by atoms with E-state index < -0.39 is 14.4 Å². The molecule has 1 aromatic rings. The van der Waals surface area contributed by atoms with E-state index in [0.29, 0.717) is 24.2 Å². The van der Waals surface area contributed by atoms with Gasteiger partial charge in [0.15, 0.2) is 8.32 Å². The quantitative estimate of drug-likeness (QED) is 0.836. The molecule has 6 heteroatoms. The number of hydrogen-bond acceptors (Lipinski definition) is 3. The number of nitrogens with one attached hydrogen (secondary N) is 1. The first-order chi connectivity index (χ1) is 11.1. The largest absolute Gasteiger partial charge is 0.411 e. The molecule has 1 unspecified atom stereocenters. The first-order valence-corrected chi connectivity index (χ1v) is 11.4. The summed E-state index contributed by atoms with van der Waals surface area (Å²) in [5.41, 5.74) is 1.15. The summed E-state index contributed by atoms with van der Waals surface area (Å²) in [7, 11) is -2.01. The molecule has 1 aromatic carbocycles. The van der Waals surface area contributed by atoms with Crippen molar-refractivity contribution < 1.29 is 14.0 Å². The maximum atomic E-state index is 12.9. The SMILES string of the molecule is CC(C)(C)[Si](C)(C)O[C@@H]1CCN2C(=O)c3ccccc3NC(=O)C12. The van der Waals surface area contributed by atoms with E-state index in [1.807, 2.05) is 12.1 Å². The standard InChI is InChI=1S/C18H26N2O3Si/c1-18(2,3)24(4,5)23-14-10-11-20-15(14)16(21)19-13-9-7-6-8-12(13)17(20)22/h6-9,14-15H,10-11H2,1-5H3,(H,19,21)/t14-,15?/m1/s1. The Labute approximate surface area is 144 Å². The lowest BCUT2D eigenvalue weighted by Gasteiger charge is -2.39. The summed E-state index contributed by atoms with van der Waals surface area (Å²) >= 11 is 0. The van der Waals surface area contributed by atoms with Crippen LogP contribution >= 0.6 is 0 Å². The zero-order chi connectivity index (χ0) is 17.7. The van der Waals surface area contributed by atoms with Gasteiger partial charge in [0.1, 0.15) is 6.04 Å². The van der Waals surface area contributed by atoms with E-state index in [4.69, 9.17) is 4.43 Å². The van der Waals surface area contributed by atoms with Crippen LogP contribution < -0.4 is 5.32 Å². The number of amides is 2. The average molecular weight is 347 g/mol. The van der Waals surface area contributed by atoms with E-state index in [9.17, 15) is 9.59 Å². The maximum absolute atomic E-state index is 12.9. The molecule has 2 aliphatic rings. The Balaban J connectivity index is 1.90. The van der Waals surface area contributed by atoms with Gasteiger partial charge in [-0.05, 0) is 36.7 Å². The third kappa shape index (κ3) is 2.78. The molecule has 2 heterocycles. The minimum atomic E-state index is -2.01. The van der Waals surface area contributed by atoms with Gasteiger partial charge in [-0.3, -0.25) is 9.59 Å². The van der Waals surface area contributed by atoms with Gasteiger partial charge in [0.2, 0.25) is 5.91 Å². The molecule has 1 fully saturated rings. The summed E-state index contributed by atoms with van der Waals surface area (Å²) in [6, 6.07) is 6.65. The van der Waals surface area contributed by atoms with Crippen LogP contribution in [0.4, 0.5) is 5.69 Å². The van der Waals surface area contributed by atoms with Gasteiger partial charge in [-0.15, -0.1) is 0 Å². The van der Waals surface area contributed by atoms with Crippen molar-refractivity contribution in [3.63, 3.8) is 0 Å². The van der Waals surface area contributed by atoms with Crippen molar-refractivity contribution in [1.82, 2.24) is 4.90 Å². The van der Waals surface area contributed by atoms with Crippen molar-refractivity contribution in [1.29, 1.82) is 0 Å². The van der Waals surface area contributed by atoms with Crippen molar-refractivity contribution in [3.8, 4) is 0 Å². The molecule has 2 aliphatic heterocycles. The highest BCUT2D eigenvalue weighted by Crippen LogP contribution is 2.40. The third-order valence-corrected chi connectivity index (χ3v) is 10.0. The molecule has 0 aliphatic carbocycles. The highest BCUT2D eigenvalue weighted by atomic mass is 28.4. The molecule has 0 radical (unpaired) electrons. The Morgan fingerprint density at radius 1 is 1.21 bits per heavy atom. The third-order valence-electron chi connectivity index (χ3n) is 5.54. The van der Waals surface area contributed by atoms with Crippen LogP contribution in [0.5, 0.6) is 0 Å². The molecule has 0 spiro atoms. The predicted molar refractivity (Wildman–Crippen MR) is 96.6 cm³/mol. The summed E-state index contributed by atoms with van der Waals surface area (Å²) in [5, 5.41) is 2.98. The molecule has 2 atom stereocenters. The number of hydrogen-bond donors (Lipinski definition) is 1. The highest BCUT2D eigenvalue weighted by Gasteiger charge is 2.49.